The van der Waals surface area contributed by atoms with Gasteiger partial charge in [0.05, 0.1) is 0 Å². The molecule has 1 aliphatic rings. The molecule has 1 heterocycles. The highest BCUT2D eigenvalue weighted by Gasteiger charge is 2.22. The largest absolute Gasteiger partial charge is 0.303 e. The normalized spacial score (nSPS) is 17.8. The SMILES string of the molecule is CC(CNS(=O)(=O)N(C)Cc1c(F)cccc1Cl)CN1CCCCC1. The molecule has 1 aliphatic heterocycles. The zero-order chi connectivity index (χ0) is 18.4. The van der Waals surface area contributed by atoms with Crippen molar-refractivity contribution in [3.8, 4) is 0 Å². The van der Waals surface area contributed by atoms with E-state index in [0.29, 0.717) is 6.54 Å². The Hall–Kier alpha value is -0.730. The lowest BCUT2D eigenvalue weighted by atomic mass is 10.1. The van der Waals surface area contributed by atoms with Crippen LogP contribution in [-0.2, 0) is 16.8 Å². The molecule has 0 radical (unpaired) electrons. The van der Waals surface area contributed by atoms with Crippen molar-refractivity contribution in [3.63, 3.8) is 0 Å². The standard InChI is InChI=1S/C17H27ClFN3O2S/c1-14(12-22-9-4-3-5-10-22)11-20-25(23,24)21(2)13-15-16(18)7-6-8-17(15)19/h6-8,14,20H,3-5,9-13H2,1-2H3. The van der Waals surface area contributed by atoms with E-state index >= 15 is 0 Å². The molecule has 8 heteroatoms. The molecule has 1 fully saturated rings. The van der Waals surface area contributed by atoms with Crippen molar-refractivity contribution in [2.45, 2.75) is 32.7 Å². The summed E-state index contributed by atoms with van der Waals surface area (Å²) >= 11 is 5.97. The van der Waals surface area contributed by atoms with Crippen LogP contribution in [-0.4, -0.2) is 50.8 Å². The van der Waals surface area contributed by atoms with E-state index in [9.17, 15) is 12.8 Å². The predicted molar refractivity (Wildman–Crippen MR) is 99.3 cm³/mol. The second kappa shape index (κ2) is 9.28. The molecular weight excluding hydrogens is 365 g/mol. The average molecular weight is 392 g/mol. The highest BCUT2D eigenvalue weighted by molar-refractivity contribution is 7.87. The summed E-state index contributed by atoms with van der Waals surface area (Å²) in [6.07, 6.45) is 3.70. The summed E-state index contributed by atoms with van der Waals surface area (Å²) in [6, 6.07) is 4.32. The summed E-state index contributed by atoms with van der Waals surface area (Å²) in [6.45, 7) is 5.33. The van der Waals surface area contributed by atoms with Crippen LogP contribution in [0.2, 0.25) is 5.02 Å². The molecule has 0 bridgehead atoms. The fraction of sp³-hybridized carbons (Fsp3) is 0.647. The minimum absolute atomic E-state index is 0.110. The molecule has 1 atom stereocenters. The van der Waals surface area contributed by atoms with Crippen molar-refractivity contribution in [1.29, 1.82) is 0 Å². The topological polar surface area (TPSA) is 52.7 Å². The zero-order valence-corrected chi connectivity index (χ0v) is 16.4. The van der Waals surface area contributed by atoms with Crippen molar-refractivity contribution in [1.82, 2.24) is 13.9 Å². The summed E-state index contributed by atoms with van der Waals surface area (Å²) in [7, 11) is -2.27. The van der Waals surface area contributed by atoms with Gasteiger partial charge in [-0.3, -0.25) is 0 Å². The van der Waals surface area contributed by atoms with Crippen molar-refractivity contribution in [2.75, 3.05) is 33.2 Å². The Morgan fingerprint density at radius 2 is 2.00 bits per heavy atom. The second-order valence-corrected chi connectivity index (χ2v) is 9.05. The molecule has 1 aromatic rings. The first-order valence-corrected chi connectivity index (χ1v) is 10.5. The maximum atomic E-state index is 13.8. The Morgan fingerprint density at radius 1 is 1.32 bits per heavy atom. The van der Waals surface area contributed by atoms with Gasteiger partial charge in [-0.25, -0.2) is 9.11 Å². The zero-order valence-electron chi connectivity index (χ0n) is 14.8. The summed E-state index contributed by atoms with van der Waals surface area (Å²) in [5.41, 5.74) is 0.179. The van der Waals surface area contributed by atoms with Crippen LogP contribution in [0.1, 0.15) is 31.7 Å². The maximum Gasteiger partial charge on any atom is 0.279 e. The van der Waals surface area contributed by atoms with Crippen molar-refractivity contribution in [3.05, 3.63) is 34.6 Å². The summed E-state index contributed by atoms with van der Waals surface area (Å²) in [5, 5.41) is 0.223. The van der Waals surface area contributed by atoms with Crippen molar-refractivity contribution >= 4 is 21.8 Å². The van der Waals surface area contributed by atoms with Crippen molar-refractivity contribution in [2.24, 2.45) is 5.92 Å². The lowest BCUT2D eigenvalue weighted by Gasteiger charge is -2.29. The van der Waals surface area contributed by atoms with Gasteiger partial charge in [0, 0.05) is 37.3 Å². The fourth-order valence-corrected chi connectivity index (χ4v) is 4.23. The molecule has 1 unspecified atom stereocenters. The van der Waals surface area contributed by atoms with Crippen LogP contribution >= 0.6 is 11.6 Å². The number of nitrogens with zero attached hydrogens (tertiary/aromatic N) is 2. The number of piperidine rings is 1. The lowest BCUT2D eigenvalue weighted by molar-refractivity contribution is 0.201. The smallest absolute Gasteiger partial charge is 0.279 e. The van der Waals surface area contributed by atoms with Gasteiger partial charge in [0.25, 0.3) is 10.2 Å². The van der Waals surface area contributed by atoms with E-state index in [4.69, 9.17) is 11.6 Å². The number of likely N-dealkylation sites (tertiary alicyclic amines) is 1. The maximum absolute atomic E-state index is 13.8. The third kappa shape index (κ3) is 6.18. The predicted octanol–water partition coefficient (Wildman–Crippen LogP) is 2.87. The van der Waals surface area contributed by atoms with E-state index in [1.807, 2.05) is 6.92 Å². The lowest BCUT2D eigenvalue weighted by Crippen LogP contribution is -2.42. The third-order valence-corrected chi connectivity index (χ3v) is 6.32. The molecule has 2 rings (SSSR count). The monoisotopic (exact) mass is 391 g/mol. The molecule has 1 N–H and O–H groups in total. The Morgan fingerprint density at radius 3 is 2.64 bits per heavy atom. The van der Waals surface area contributed by atoms with Gasteiger partial charge in [-0.05, 0) is 44.0 Å². The van der Waals surface area contributed by atoms with E-state index in [2.05, 4.69) is 9.62 Å². The molecule has 1 saturated heterocycles. The minimum Gasteiger partial charge on any atom is -0.303 e. The molecular formula is C17H27ClFN3O2S. The number of rotatable bonds is 8. The number of halogens is 2. The van der Waals surface area contributed by atoms with Gasteiger partial charge >= 0.3 is 0 Å². The summed E-state index contributed by atoms with van der Waals surface area (Å²) in [4.78, 5) is 2.38. The van der Waals surface area contributed by atoms with E-state index in [1.54, 1.807) is 6.07 Å². The Balaban J connectivity index is 1.87. The summed E-state index contributed by atoms with van der Waals surface area (Å²) in [5.74, 6) is -0.300. The van der Waals surface area contributed by atoms with Gasteiger partial charge < -0.3 is 4.90 Å². The molecule has 0 saturated carbocycles. The van der Waals surface area contributed by atoms with Crippen LogP contribution in [0.3, 0.4) is 0 Å². The van der Waals surface area contributed by atoms with Crippen LogP contribution < -0.4 is 4.72 Å². The number of benzene rings is 1. The quantitative estimate of drug-likeness (QED) is 0.741. The third-order valence-electron chi connectivity index (χ3n) is 4.49. The van der Waals surface area contributed by atoms with E-state index in [1.165, 1.54) is 38.4 Å². The Bertz CT molecular complexity index is 646. The van der Waals surface area contributed by atoms with Crippen LogP contribution in [0.5, 0.6) is 0 Å². The number of hydrogen-bond acceptors (Lipinski definition) is 3. The molecule has 5 nitrogen and oxygen atoms in total. The Labute approximate surface area is 155 Å². The van der Waals surface area contributed by atoms with Gasteiger partial charge in [0.15, 0.2) is 0 Å². The second-order valence-electron chi connectivity index (χ2n) is 6.78. The first-order chi connectivity index (χ1) is 11.8. The minimum atomic E-state index is -3.69. The van der Waals surface area contributed by atoms with Crippen molar-refractivity contribution < 1.29 is 12.8 Å². The van der Waals surface area contributed by atoms with Gasteiger partial charge in [-0.2, -0.15) is 12.7 Å². The summed E-state index contributed by atoms with van der Waals surface area (Å²) < 4.78 is 42.3. The fourth-order valence-electron chi connectivity index (χ4n) is 3.00. The first-order valence-electron chi connectivity index (χ1n) is 8.66. The van der Waals surface area contributed by atoms with Crippen LogP contribution in [0.15, 0.2) is 18.2 Å². The van der Waals surface area contributed by atoms with Gasteiger partial charge in [-0.15, -0.1) is 0 Å². The van der Waals surface area contributed by atoms with Gasteiger partial charge in [-0.1, -0.05) is 31.0 Å². The molecule has 0 amide bonds. The van der Waals surface area contributed by atoms with Gasteiger partial charge in [0.2, 0.25) is 0 Å². The van der Waals surface area contributed by atoms with E-state index in [0.717, 1.165) is 23.9 Å². The first kappa shape index (κ1) is 20.6. The molecule has 1 aromatic carbocycles. The molecule has 0 spiro atoms. The Kier molecular flexibility index (Phi) is 7.64. The van der Waals surface area contributed by atoms with Crippen LogP contribution in [0, 0.1) is 11.7 Å². The van der Waals surface area contributed by atoms with E-state index in [-0.39, 0.29) is 23.0 Å². The van der Waals surface area contributed by atoms with Crippen LogP contribution in [0.4, 0.5) is 4.39 Å². The number of hydrogen-bond donors (Lipinski definition) is 1. The molecule has 0 aliphatic carbocycles. The molecule has 25 heavy (non-hydrogen) atoms. The van der Waals surface area contributed by atoms with E-state index < -0.39 is 16.0 Å². The van der Waals surface area contributed by atoms with Crippen LogP contribution in [0.25, 0.3) is 0 Å². The highest BCUT2D eigenvalue weighted by atomic mass is 35.5. The molecule has 142 valence electrons. The van der Waals surface area contributed by atoms with Gasteiger partial charge in [0.1, 0.15) is 5.82 Å². The number of nitrogens with one attached hydrogen (secondary N) is 1. The average Bonchev–Trinajstić information content (AvgIpc) is 2.57. The highest BCUT2D eigenvalue weighted by Crippen LogP contribution is 2.21. The molecule has 0 aromatic heterocycles.